The van der Waals surface area contributed by atoms with E-state index >= 15 is 0 Å². The van der Waals surface area contributed by atoms with Gasteiger partial charge in [0.05, 0.1) is 13.2 Å². The second-order valence-electron chi connectivity index (χ2n) is 6.03. The average molecular weight is 379 g/mol. The van der Waals surface area contributed by atoms with E-state index in [1.807, 2.05) is 38.4 Å². The van der Waals surface area contributed by atoms with Gasteiger partial charge >= 0.3 is 0 Å². The Bertz CT molecular complexity index is 767. The Balaban J connectivity index is 0.00000243. The van der Waals surface area contributed by atoms with Crippen LogP contribution < -0.4 is 19.5 Å². The van der Waals surface area contributed by atoms with Crippen LogP contribution in [0.25, 0.3) is 0 Å². The number of hydrogen-bond acceptors (Lipinski definition) is 5. The van der Waals surface area contributed by atoms with Gasteiger partial charge in [0, 0.05) is 12.1 Å². The molecule has 0 fully saturated rings. The van der Waals surface area contributed by atoms with E-state index in [-0.39, 0.29) is 31.1 Å². The lowest BCUT2D eigenvalue weighted by molar-refractivity contribution is 0.0941. The number of amides is 1. The van der Waals surface area contributed by atoms with Crippen molar-refractivity contribution in [3.63, 3.8) is 0 Å². The minimum absolute atomic E-state index is 0. The third-order valence-corrected chi connectivity index (χ3v) is 4.19. The molecule has 2 aromatic carbocycles. The number of methoxy groups -OCH3 is 1. The number of rotatable bonds is 6. The van der Waals surface area contributed by atoms with Crippen LogP contribution in [-0.2, 0) is 0 Å². The van der Waals surface area contributed by atoms with Gasteiger partial charge in [0.15, 0.2) is 11.5 Å². The zero-order valence-corrected chi connectivity index (χ0v) is 15.8. The van der Waals surface area contributed by atoms with Crippen molar-refractivity contribution in [1.82, 2.24) is 10.2 Å². The average Bonchev–Trinajstić information content (AvgIpc) is 3.09. The molecule has 1 amide bonds. The topological polar surface area (TPSA) is 60.0 Å². The van der Waals surface area contributed by atoms with Gasteiger partial charge in [-0.1, -0.05) is 12.1 Å². The predicted octanol–water partition coefficient (Wildman–Crippen LogP) is 2.88. The molecule has 2 aromatic rings. The molecule has 0 spiro atoms. The highest BCUT2D eigenvalue weighted by molar-refractivity contribution is 5.94. The first kappa shape index (κ1) is 19.9. The summed E-state index contributed by atoms with van der Waals surface area (Å²) in [6.45, 7) is 0.723. The predicted molar refractivity (Wildman–Crippen MR) is 102 cm³/mol. The van der Waals surface area contributed by atoms with E-state index in [0.717, 1.165) is 17.1 Å². The van der Waals surface area contributed by atoms with Crippen molar-refractivity contribution in [3.8, 4) is 17.2 Å². The fraction of sp³-hybridized carbons (Fsp3) is 0.316. The van der Waals surface area contributed by atoms with Gasteiger partial charge in [0.2, 0.25) is 6.79 Å². The lowest BCUT2D eigenvalue weighted by atomic mass is 10.0. The molecule has 1 unspecified atom stereocenters. The molecule has 1 atom stereocenters. The Labute approximate surface area is 159 Å². The highest BCUT2D eigenvalue weighted by atomic mass is 35.5. The van der Waals surface area contributed by atoms with E-state index in [2.05, 4.69) is 10.2 Å². The standard InChI is InChI=1S/C19H22N2O4.ClH/c1-21(2)16(13-7-8-17-18(10-13)25-12-24-17)11-20-19(22)14-5-4-6-15(9-14)23-3;/h4-10,16H,11-12H2,1-3H3,(H,20,22);1H. The monoisotopic (exact) mass is 378 g/mol. The molecule has 1 N–H and O–H groups in total. The number of benzene rings is 2. The first-order valence-electron chi connectivity index (χ1n) is 8.06. The third kappa shape index (κ3) is 4.39. The summed E-state index contributed by atoms with van der Waals surface area (Å²) in [5, 5.41) is 2.99. The molecule has 1 aliphatic heterocycles. The van der Waals surface area contributed by atoms with E-state index in [4.69, 9.17) is 14.2 Å². The maximum absolute atomic E-state index is 12.4. The van der Waals surface area contributed by atoms with Crippen LogP contribution in [0.3, 0.4) is 0 Å². The summed E-state index contributed by atoms with van der Waals surface area (Å²) in [5.74, 6) is 2.02. The Morgan fingerprint density at radius 1 is 1.19 bits per heavy atom. The van der Waals surface area contributed by atoms with Crippen LogP contribution in [0.1, 0.15) is 22.0 Å². The van der Waals surface area contributed by atoms with E-state index in [1.165, 1.54) is 0 Å². The highest BCUT2D eigenvalue weighted by Crippen LogP contribution is 2.34. The Morgan fingerprint density at radius 2 is 1.96 bits per heavy atom. The molecule has 1 heterocycles. The maximum Gasteiger partial charge on any atom is 0.251 e. The lowest BCUT2D eigenvalue weighted by Gasteiger charge is -2.25. The molecule has 0 aliphatic carbocycles. The van der Waals surface area contributed by atoms with E-state index in [9.17, 15) is 4.79 Å². The van der Waals surface area contributed by atoms with Crippen LogP contribution in [0.4, 0.5) is 0 Å². The molecule has 26 heavy (non-hydrogen) atoms. The Hall–Kier alpha value is -2.44. The normalized spacial score (nSPS) is 13.1. The van der Waals surface area contributed by atoms with Gasteiger partial charge in [-0.15, -0.1) is 12.4 Å². The number of nitrogens with zero attached hydrogens (tertiary/aromatic N) is 1. The summed E-state index contributed by atoms with van der Waals surface area (Å²) in [7, 11) is 5.54. The summed E-state index contributed by atoms with van der Waals surface area (Å²) < 4.78 is 16.0. The minimum Gasteiger partial charge on any atom is -0.497 e. The molecule has 0 radical (unpaired) electrons. The molecule has 0 saturated heterocycles. The molecule has 0 aromatic heterocycles. The zero-order chi connectivity index (χ0) is 17.8. The first-order valence-corrected chi connectivity index (χ1v) is 8.06. The molecule has 0 bridgehead atoms. The number of carbonyl (C=O) groups is 1. The van der Waals surface area contributed by atoms with Crippen molar-refractivity contribution in [3.05, 3.63) is 53.6 Å². The first-order chi connectivity index (χ1) is 12.1. The molecule has 0 saturated carbocycles. The van der Waals surface area contributed by atoms with Gasteiger partial charge in [-0.3, -0.25) is 4.79 Å². The van der Waals surface area contributed by atoms with Gasteiger partial charge in [0.1, 0.15) is 5.75 Å². The second-order valence-corrected chi connectivity index (χ2v) is 6.03. The number of halogens is 1. The zero-order valence-electron chi connectivity index (χ0n) is 15.0. The minimum atomic E-state index is -0.133. The number of hydrogen-bond donors (Lipinski definition) is 1. The van der Waals surface area contributed by atoms with Crippen molar-refractivity contribution in [1.29, 1.82) is 0 Å². The van der Waals surface area contributed by atoms with Gasteiger partial charge in [-0.05, 0) is 50.0 Å². The largest absolute Gasteiger partial charge is 0.497 e. The number of ether oxygens (including phenoxy) is 3. The highest BCUT2D eigenvalue weighted by Gasteiger charge is 2.20. The fourth-order valence-corrected chi connectivity index (χ4v) is 2.77. The summed E-state index contributed by atoms with van der Waals surface area (Å²) in [5.41, 5.74) is 1.63. The summed E-state index contributed by atoms with van der Waals surface area (Å²) >= 11 is 0. The van der Waals surface area contributed by atoms with Crippen molar-refractivity contribution in [2.75, 3.05) is 34.5 Å². The molecule has 1 aliphatic rings. The van der Waals surface area contributed by atoms with Gasteiger partial charge < -0.3 is 24.4 Å². The maximum atomic E-state index is 12.4. The van der Waals surface area contributed by atoms with Gasteiger partial charge in [-0.2, -0.15) is 0 Å². The van der Waals surface area contributed by atoms with Crippen LogP contribution >= 0.6 is 12.4 Å². The van der Waals surface area contributed by atoms with E-state index in [0.29, 0.717) is 17.9 Å². The quantitative estimate of drug-likeness (QED) is 0.837. The van der Waals surface area contributed by atoms with Crippen LogP contribution in [-0.4, -0.2) is 45.3 Å². The summed E-state index contributed by atoms with van der Waals surface area (Å²) in [6.07, 6.45) is 0. The SMILES string of the molecule is COc1cccc(C(=O)NCC(c2ccc3c(c2)OCO3)N(C)C)c1.Cl. The van der Waals surface area contributed by atoms with Crippen molar-refractivity contribution >= 4 is 18.3 Å². The smallest absolute Gasteiger partial charge is 0.251 e. The molecular formula is C19H23ClN2O4. The van der Waals surface area contributed by atoms with E-state index < -0.39 is 0 Å². The second kappa shape index (κ2) is 8.78. The Morgan fingerprint density at radius 3 is 2.69 bits per heavy atom. The van der Waals surface area contributed by atoms with Gasteiger partial charge in [-0.25, -0.2) is 0 Å². The number of nitrogens with one attached hydrogen (secondary N) is 1. The molecular weight excluding hydrogens is 356 g/mol. The number of fused-ring (bicyclic) bond motifs is 1. The molecule has 3 rings (SSSR count). The van der Waals surface area contributed by atoms with Crippen LogP contribution in [0, 0.1) is 0 Å². The summed E-state index contributed by atoms with van der Waals surface area (Å²) in [4.78, 5) is 14.5. The fourth-order valence-electron chi connectivity index (χ4n) is 2.77. The van der Waals surface area contributed by atoms with E-state index in [1.54, 1.807) is 25.3 Å². The van der Waals surface area contributed by atoms with Crippen molar-refractivity contribution in [2.24, 2.45) is 0 Å². The molecule has 6 nitrogen and oxygen atoms in total. The van der Waals surface area contributed by atoms with Crippen LogP contribution in [0.15, 0.2) is 42.5 Å². The van der Waals surface area contributed by atoms with Crippen LogP contribution in [0.5, 0.6) is 17.2 Å². The molecule has 140 valence electrons. The van der Waals surface area contributed by atoms with Crippen LogP contribution in [0.2, 0.25) is 0 Å². The van der Waals surface area contributed by atoms with Crippen molar-refractivity contribution in [2.45, 2.75) is 6.04 Å². The lowest BCUT2D eigenvalue weighted by Crippen LogP contribution is -2.34. The number of carbonyl (C=O) groups excluding carboxylic acids is 1. The van der Waals surface area contributed by atoms with Crippen molar-refractivity contribution < 1.29 is 19.0 Å². The number of likely N-dealkylation sites (N-methyl/N-ethyl adjacent to an activating group) is 1. The Kier molecular flexibility index (Phi) is 6.71. The molecule has 7 heteroatoms. The summed E-state index contributed by atoms with van der Waals surface area (Å²) in [6, 6.07) is 13.0. The van der Waals surface area contributed by atoms with Gasteiger partial charge in [0.25, 0.3) is 5.91 Å². The third-order valence-electron chi connectivity index (χ3n) is 4.19.